The predicted octanol–water partition coefficient (Wildman–Crippen LogP) is 2.62. The number of fused-ring (bicyclic) bond motifs is 1. The zero-order valence-corrected chi connectivity index (χ0v) is 11.6. The van der Waals surface area contributed by atoms with Gasteiger partial charge in [0.2, 0.25) is 0 Å². The van der Waals surface area contributed by atoms with E-state index in [0.717, 1.165) is 35.5 Å². The lowest BCUT2D eigenvalue weighted by molar-refractivity contribution is 0.787. The van der Waals surface area contributed by atoms with E-state index in [1.54, 1.807) is 0 Å². The highest BCUT2D eigenvalue weighted by atomic mass is 15.1. The van der Waals surface area contributed by atoms with E-state index >= 15 is 0 Å². The largest absolute Gasteiger partial charge is 0.330 e. The van der Waals surface area contributed by atoms with Crippen LogP contribution >= 0.6 is 0 Å². The number of nitrogens with two attached hydrogens (primary N) is 1. The van der Waals surface area contributed by atoms with Gasteiger partial charge >= 0.3 is 0 Å². The molecule has 2 aromatic heterocycles. The third-order valence-corrected chi connectivity index (χ3v) is 3.47. The highest BCUT2D eigenvalue weighted by Crippen LogP contribution is 2.23. The van der Waals surface area contributed by atoms with Crippen LogP contribution in [-0.4, -0.2) is 21.1 Å². The summed E-state index contributed by atoms with van der Waals surface area (Å²) in [6.45, 7) is 3.65. The monoisotopic (exact) mass is 266 g/mol. The van der Waals surface area contributed by atoms with E-state index in [-0.39, 0.29) is 0 Å². The van der Waals surface area contributed by atoms with E-state index in [4.69, 9.17) is 10.7 Å². The van der Waals surface area contributed by atoms with Crippen molar-refractivity contribution in [2.75, 3.05) is 6.54 Å². The number of nitrogens with zero attached hydrogens (tertiary/aromatic N) is 3. The minimum absolute atomic E-state index is 0.677. The summed E-state index contributed by atoms with van der Waals surface area (Å²) in [6.07, 6.45) is 2.72. The van der Waals surface area contributed by atoms with Crippen LogP contribution in [0.15, 0.2) is 42.6 Å². The van der Waals surface area contributed by atoms with Crippen molar-refractivity contribution in [1.82, 2.24) is 14.5 Å². The first kappa shape index (κ1) is 12.8. The molecule has 0 fully saturated rings. The molecule has 4 heteroatoms. The molecule has 0 amide bonds. The molecule has 1 aromatic carbocycles. The molecule has 0 aliphatic carbocycles. The fourth-order valence-electron chi connectivity index (χ4n) is 2.47. The van der Waals surface area contributed by atoms with Crippen LogP contribution in [0.5, 0.6) is 0 Å². The first-order chi connectivity index (χ1) is 9.83. The SMILES string of the molecule is CCn1c(-c2ccc(CCN)cc2)nc2cccnc21. The van der Waals surface area contributed by atoms with Gasteiger partial charge in [-0.05, 0) is 37.6 Å². The Morgan fingerprint density at radius 2 is 1.95 bits per heavy atom. The maximum Gasteiger partial charge on any atom is 0.160 e. The van der Waals surface area contributed by atoms with Crippen LogP contribution in [0.2, 0.25) is 0 Å². The van der Waals surface area contributed by atoms with Crippen molar-refractivity contribution >= 4 is 11.2 Å². The third-order valence-electron chi connectivity index (χ3n) is 3.47. The summed E-state index contributed by atoms with van der Waals surface area (Å²) in [4.78, 5) is 9.13. The second-order valence-corrected chi connectivity index (χ2v) is 4.76. The standard InChI is InChI=1S/C16H18N4/c1-2-20-15(19-14-4-3-11-18-16(14)20)13-7-5-12(6-8-13)9-10-17/h3-8,11H,2,9-10,17H2,1H3. The Balaban J connectivity index is 2.09. The zero-order valence-electron chi connectivity index (χ0n) is 11.6. The van der Waals surface area contributed by atoms with Crippen LogP contribution in [-0.2, 0) is 13.0 Å². The molecule has 0 bridgehead atoms. The Morgan fingerprint density at radius 1 is 1.15 bits per heavy atom. The van der Waals surface area contributed by atoms with E-state index in [1.807, 2.05) is 18.3 Å². The van der Waals surface area contributed by atoms with Gasteiger partial charge in [-0.25, -0.2) is 9.97 Å². The van der Waals surface area contributed by atoms with E-state index in [0.29, 0.717) is 6.54 Å². The van der Waals surface area contributed by atoms with Gasteiger partial charge in [-0.2, -0.15) is 0 Å². The van der Waals surface area contributed by atoms with Crippen molar-refractivity contribution in [3.05, 3.63) is 48.2 Å². The summed E-state index contributed by atoms with van der Waals surface area (Å²) in [5.41, 5.74) is 9.84. The lowest BCUT2D eigenvalue weighted by atomic mass is 10.1. The summed E-state index contributed by atoms with van der Waals surface area (Å²) in [7, 11) is 0. The molecule has 0 spiro atoms. The van der Waals surface area contributed by atoms with Crippen LogP contribution in [0.4, 0.5) is 0 Å². The summed E-state index contributed by atoms with van der Waals surface area (Å²) < 4.78 is 2.15. The van der Waals surface area contributed by atoms with E-state index in [1.165, 1.54) is 5.56 Å². The van der Waals surface area contributed by atoms with Crippen molar-refractivity contribution in [2.45, 2.75) is 19.9 Å². The first-order valence-electron chi connectivity index (χ1n) is 6.94. The van der Waals surface area contributed by atoms with E-state index < -0.39 is 0 Å². The van der Waals surface area contributed by atoms with Crippen molar-refractivity contribution < 1.29 is 0 Å². The second kappa shape index (κ2) is 5.43. The topological polar surface area (TPSA) is 56.7 Å². The minimum Gasteiger partial charge on any atom is -0.330 e. The Hall–Kier alpha value is -2.20. The second-order valence-electron chi connectivity index (χ2n) is 4.76. The molecule has 20 heavy (non-hydrogen) atoms. The molecule has 0 aliphatic rings. The minimum atomic E-state index is 0.677. The van der Waals surface area contributed by atoms with Gasteiger partial charge in [0.05, 0.1) is 0 Å². The van der Waals surface area contributed by atoms with Gasteiger partial charge in [0.15, 0.2) is 5.65 Å². The molecular formula is C16H18N4. The van der Waals surface area contributed by atoms with E-state index in [9.17, 15) is 0 Å². The summed E-state index contributed by atoms with van der Waals surface area (Å²) in [5, 5.41) is 0. The number of rotatable bonds is 4. The molecule has 102 valence electrons. The van der Waals surface area contributed by atoms with Crippen LogP contribution in [0.25, 0.3) is 22.6 Å². The number of hydrogen-bond acceptors (Lipinski definition) is 3. The quantitative estimate of drug-likeness (QED) is 0.789. The van der Waals surface area contributed by atoms with Crippen molar-refractivity contribution in [3.63, 3.8) is 0 Å². The van der Waals surface area contributed by atoms with Crippen LogP contribution in [0.3, 0.4) is 0 Å². The summed E-state index contributed by atoms with van der Waals surface area (Å²) in [6, 6.07) is 12.4. The average Bonchev–Trinajstić information content (AvgIpc) is 2.87. The molecule has 2 heterocycles. The fourth-order valence-corrected chi connectivity index (χ4v) is 2.47. The number of benzene rings is 1. The Labute approximate surface area is 118 Å². The number of pyridine rings is 1. The molecule has 0 radical (unpaired) electrons. The number of aryl methyl sites for hydroxylation is 1. The number of hydrogen-bond donors (Lipinski definition) is 1. The molecule has 0 unspecified atom stereocenters. The highest BCUT2D eigenvalue weighted by Gasteiger charge is 2.11. The molecule has 0 atom stereocenters. The van der Waals surface area contributed by atoms with Crippen molar-refractivity contribution in [2.24, 2.45) is 5.73 Å². The molecule has 3 rings (SSSR count). The number of imidazole rings is 1. The maximum atomic E-state index is 5.58. The van der Waals surface area contributed by atoms with Gasteiger partial charge in [-0.3, -0.25) is 0 Å². The Kier molecular flexibility index (Phi) is 3.48. The molecular weight excluding hydrogens is 248 g/mol. The van der Waals surface area contributed by atoms with Crippen molar-refractivity contribution in [3.8, 4) is 11.4 Å². The molecule has 4 nitrogen and oxygen atoms in total. The molecule has 3 aromatic rings. The number of aromatic nitrogens is 3. The predicted molar refractivity (Wildman–Crippen MR) is 81.4 cm³/mol. The normalized spacial score (nSPS) is 11.1. The molecule has 0 saturated carbocycles. The molecule has 0 aliphatic heterocycles. The smallest absolute Gasteiger partial charge is 0.160 e. The van der Waals surface area contributed by atoms with Gasteiger partial charge in [0, 0.05) is 18.3 Å². The van der Waals surface area contributed by atoms with Crippen LogP contribution in [0.1, 0.15) is 12.5 Å². The fraction of sp³-hybridized carbons (Fsp3) is 0.250. The van der Waals surface area contributed by atoms with Gasteiger partial charge in [-0.1, -0.05) is 24.3 Å². The summed E-state index contributed by atoms with van der Waals surface area (Å²) in [5.74, 6) is 0.973. The van der Waals surface area contributed by atoms with Crippen molar-refractivity contribution in [1.29, 1.82) is 0 Å². The average molecular weight is 266 g/mol. The third kappa shape index (κ3) is 2.18. The highest BCUT2D eigenvalue weighted by molar-refractivity contribution is 5.77. The lowest BCUT2D eigenvalue weighted by Gasteiger charge is -2.06. The van der Waals surface area contributed by atoms with Gasteiger partial charge in [0.1, 0.15) is 11.3 Å². The maximum absolute atomic E-state index is 5.58. The lowest BCUT2D eigenvalue weighted by Crippen LogP contribution is -2.02. The van der Waals surface area contributed by atoms with Gasteiger partial charge in [-0.15, -0.1) is 0 Å². The van der Waals surface area contributed by atoms with Gasteiger partial charge < -0.3 is 10.3 Å². The summed E-state index contributed by atoms with van der Waals surface area (Å²) >= 11 is 0. The van der Waals surface area contributed by atoms with Crippen LogP contribution in [0, 0.1) is 0 Å². The Morgan fingerprint density at radius 3 is 2.65 bits per heavy atom. The molecule has 2 N–H and O–H groups in total. The van der Waals surface area contributed by atoms with Crippen LogP contribution < -0.4 is 5.73 Å². The first-order valence-corrected chi connectivity index (χ1v) is 6.94. The Bertz CT molecular complexity index is 713. The van der Waals surface area contributed by atoms with Gasteiger partial charge in [0.25, 0.3) is 0 Å². The zero-order chi connectivity index (χ0) is 13.9. The molecule has 0 saturated heterocycles. The van der Waals surface area contributed by atoms with E-state index in [2.05, 4.69) is 40.7 Å².